The van der Waals surface area contributed by atoms with Crippen LogP contribution in [0.15, 0.2) is 41.7 Å². The Bertz CT molecular complexity index is 759. The van der Waals surface area contributed by atoms with Crippen LogP contribution in [0, 0.1) is 6.92 Å². The van der Waals surface area contributed by atoms with Crippen LogP contribution >= 0.6 is 35.6 Å². The number of nitrogens with one attached hydrogen (secondary N) is 1. The first-order valence-electron chi connectivity index (χ1n) is 9.69. The number of guanidine groups is 1. The van der Waals surface area contributed by atoms with E-state index in [1.165, 1.54) is 5.56 Å². The maximum Gasteiger partial charge on any atom is 0.193 e. The van der Waals surface area contributed by atoms with Crippen molar-refractivity contribution in [1.82, 2.24) is 24.9 Å². The number of ether oxygens (including phenoxy) is 1. The van der Waals surface area contributed by atoms with E-state index in [1.807, 2.05) is 42.2 Å². The minimum absolute atomic E-state index is 0. The molecule has 1 aliphatic heterocycles. The molecule has 0 radical (unpaired) electrons. The predicted molar refractivity (Wildman–Crippen MR) is 129 cm³/mol. The monoisotopic (exact) mass is 532 g/mol. The fourth-order valence-corrected chi connectivity index (χ4v) is 3.34. The Labute approximate surface area is 195 Å². The average Bonchev–Trinajstić information content (AvgIpc) is 3.13. The van der Waals surface area contributed by atoms with Gasteiger partial charge in [0.1, 0.15) is 12.4 Å². The number of halogens is 2. The summed E-state index contributed by atoms with van der Waals surface area (Å²) in [7, 11) is 1.84. The number of hydrogen-bond acceptors (Lipinski definition) is 4. The van der Waals surface area contributed by atoms with Gasteiger partial charge < -0.3 is 15.0 Å². The van der Waals surface area contributed by atoms with Gasteiger partial charge in [-0.3, -0.25) is 14.6 Å². The van der Waals surface area contributed by atoms with E-state index in [0.717, 1.165) is 62.5 Å². The molecule has 9 heteroatoms. The van der Waals surface area contributed by atoms with Gasteiger partial charge in [-0.1, -0.05) is 11.6 Å². The summed E-state index contributed by atoms with van der Waals surface area (Å²) >= 11 is 5.89. The van der Waals surface area contributed by atoms with Gasteiger partial charge in [0.05, 0.1) is 12.7 Å². The highest BCUT2D eigenvalue weighted by atomic mass is 127. The molecule has 0 aliphatic carbocycles. The van der Waals surface area contributed by atoms with Gasteiger partial charge in [0.25, 0.3) is 0 Å². The molecular formula is C20H30ClIN6O. The Morgan fingerprint density at radius 2 is 1.90 bits per heavy atom. The topological polar surface area (TPSA) is 57.9 Å². The van der Waals surface area contributed by atoms with Gasteiger partial charge in [0.15, 0.2) is 5.96 Å². The molecule has 1 saturated heterocycles. The number of aryl methyl sites for hydroxylation is 1. The standard InChI is InChI=1S/C20H29ClN6O.HI/c1-17-15-24-27(16-17)8-7-23-20(22-2)26-11-9-25(10-12-26)13-14-28-19-5-3-18(21)4-6-19;/h3-6,15-16H,7-14H2,1-2H3,(H,22,23);1H. The molecule has 2 heterocycles. The SMILES string of the molecule is CN=C(NCCn1cc(C)cn1)N1CCN(CCOc2ccc(Cl)cc2)CC1.I. The Hall–Kier alpha value is -1.52. The van der Waals surface area contributed by atoms with Gasteiger partial charge in [-0.2, -0.15) is 5.10 Å². The quantitative estimate of drug-likeness (QED) is 0.338. The third kappa shape index (κ3) is 7.67. The Kier molecular flexibility index (Phi) is 10.0. The number of aliphatic imine (C=N–C) groups is 1. The first-order valence-corrected chi connectivity index (χ1v) is 10.1. The van der Waals surface area contributed by atoms with E-state index in [2.05, 4.69) is 38.3 Å². The molecule has 0 atom stereocenters. The van der Waals surface area contributed by atoms with Crippen molar-refractivity contribution >= 4 is 41.5 Å². The highest BCUT2D eigenvalue weighted by Crippen LogP contribution is 2.15. The minimum atomic E-state index is 0. The Morgan fingerprint density at radius 3 is 2.52 bits per heavy atom. The summed E-state index contributed by atoms with van der Waals surface area (Å²) in [5.74, 6) is 1.82. The summed E-state index contributed by atoms with van der Waals surface area (Å²) in [4.78, 5) is 9.16. The molecule has 160 valence electrons. The predicted octanol–water partition coefficient (Wildman–Crippen LogP) is 2.73. The maximum atomic E-state index is 5.89. The summed E-state index contributed by atoms with van der Waals surface area (Å²) in [5, 5.41) is 8.48. The molecule has 0 unspecified atom stereocenters. The average molecular weight is 533 g/mol. The van der Waals surface area contributed by atoms with E-state index < -0.39 is 0 Å². The zero-order valence-electron chi connectivity index (χ0n) is 17.1. The maximum absolute atomic E-state index is 5.89. The summed E-state index contributed by atoms with van der Waals surface area (Å²) < 4.78 is 7.75. The first-order chi connectivity index (χ1) is 13.6. The molecule has 1 N–H and O–H groups in total. The van der Waals surface area contributed by atoms with Crippen LogP contribution in [0.1, 0.15) is 5.56 Å². The number of rotatable bonds is 7. The molecule has 7 nitrogen and oxygen atoms in total. The smallest absolute Gasteiger partial charge is 0.193 e. The van der Waals surface area contributed by atoms with Gasteiger partial charge >= 0.3 is 0 Å². The Balaban J connectivity index is 0.00000300. The largest absolute Gasteiger partial charge is 0.492 e. The van der Waals surface area contributed by atoms with E-state index in [9.17, 15) is 0 Å². The van der Waals surface area contributed by atoms with Crippen molar-refractivity contribution in [1.29, 1.82) is 0 Å². The van der Waals surface area contributed by atoms with Gasteiger partial charge in [-0.25, -0.2) is 0 Å². The fourth-order valence-electron chi connectivity index (χ4n) is 3.21. The first kappa shape index (κ1) is 23.8. The number of hydrogen-bond donors (Lipinski definition) is 1. The molecule has 1 fully saturated rings. The molecule has 0 bridgehead atoms. The van der Waals surface area contributed by atoms with Crippen LogP contribution in [0.3, 0.4) is 0 Å². The van der Waals surface area contributed by atoms with E-state index in [-0.39, 0.29) is 24.0 Å². The summed E-state index contributed by atoms with van der Waals surface area (Å²) in [6, 6.07) is 7.50. The van der Waals surface area contributed by atoms with E-state index in [1.54, 1.807) is 0 Å². The van der Waals surface area contributed by atoms with Crippen molar-refractivity contribution in [3.05, 3.63) is 47.2 Å². The third-order valence-corrected chi connectivity index (χ3v) is 5.01. The molecule has 1 aromatic carbocycles. The van der Waals surface area contributed by atoms with Crippen LogP contribution < -0.4 is 10.1 Å². The van der Waals surface area contributed by atoms with Crippen molar-refractivity contribution in [2.24, 2.45) is 4.99 Å². The van der Waals surface area contributed by atoms with Crippen LogP contribution in [-0.4, -0.2) is 78.5 Å². The van der Waals surface area contributed by atoms with Gasteiger partial charge in [0.2, 0.25) is 0 Å². The lowest BCUT2D eigenvalue weighted by atomic mass is 10.3. The lowest BCUT2D eigenvalue weighted by Crippen LogP contribution is -2.53. The van der Waals surface area contributed by atoms with Crippen molar-refractivity contribution in [2.45, 2.75) is 13.5 Å². The second-order valence-electron chi connectivity index (χ2n) is 6.89. The van der Waals surface area contributed by atoms with Crippen molar-refractivity contribution in [3.8, 4) is 5.75 Å². The second-order valence-corrected chi connectivity index (χ2v) is 7.32. The lowest BCUT2D eigenvalue weighted by molar-refractivity contribution is 0.152. The minimum Gasteiger partial charge on any atom is -0.492 e. The Morgan fingerprint density at radius 1 is 1.17 bits per heavy atom. The van der Waals surface area contributed by atoms with Crippen molar-refractivity contribution in [3.63, 3.8) is 0 Å². The zero-order chi connectivity index (χ0) is 19.8. The van der Waals surface area contributed by atoms with Crippen LogP contribution in [-0.2, 0) is 6.54 Å². The number of piperazine rings is 1. The van der Waals surface area contributed by atoms with Crippen LogP contribution in [0.4, 0.5) is 0 Å². The molecule has 3 rings (SSSR count). The van der Waals surface area contributed by atoms with E-state index >= 15 is 0 Å². The molecule has 0 amide bonds. The molecule has 1 aromatic heterocycles. The summed E-state index contributed by atoms with van der Waals surface area (Å²) in [6.07, 6.45) is 3.93. The number of aromatic nitrogens is 2. The summed E-state index contributed by atoms with van der Waals surface area (Å²) in [6.45, 7) is 9.21. The zero-order valence-corrected chi connectivity index (χ0v) is 20.1. The van der Waals surface area contributed by atoms with Crippen molar-refractivity contribution < 1.29 is 4.74 Å². The highest BCUT2D eigenvalue weighted by molar-refractivity contribution is 14.0. The molecule has 2 aromatic rings. The number of benzene rings is 1. The van der Waals surface area contributed by atoms with Crippen LogP contribution in [0.25, 0.3) is 0 Å². The normalized spacial score (nSPS) is 15.1. The highest BCUT2D eigenvalue weighted by Gasteiger charge is 2.19. The number of nitrogens with zero attached hydrogens (tertiary/aromatic N) is 5. The third-order valence-electron chi connectivity index (χ3n) is 4.76. The van der Waals surface area contributed by atoms with E-state index in [0.29, 0.717) is 6.61 Å². The van der Waals surface area contributed by atoms with Crippen LogP contribution in [0.5, 0.6) is 5.75 Å². The summed E-state index contributed by atoms with van der Waals surface area (Å²) in [5.41, 5.74) is 1.18. The van der Waals surface area contributed by atoms with Gasteiger partial charge in [-0.05, 0) is 36.8 Å². The molecule has 1 aliphatic rings. The van der Waals surface area contributed by atoms with Crippen molar-refractivity contribution in [2.75, 3.05) is 52.9 Å². The molecule has 0 spiro atoms. The van der Waals surface area contributed by atoms with E-state index in [4.69, 9.17) is 16.3 Å². The lowest BCUT2D eigenvalue weighted by Gasteiger charge is -2.36. The molecular weight excluding hydrogens is 503 g/mol. The van der Waals surface area contributed by atoms with Gasteiger partial charge in [-0.15, -0.1) is 24.0 Å². The molecule has 0 saturated carbocycles. The molecule has 29 heavy (non-hydrogen) atoms. The van der Waals surface area contributed by atoms with Crippen LogP contribution in [0.2, 0.25) is 5.02 Å². The van der Waals surface area contributed by atoms with Gasteiger partial charge in [0, 0.05) is 57.5 Å². The fraction of sp³-hybridized carbons (Fsp3) is 0.500. The second kappa shape index (κ2) is 12.2.